The SMILES string of the molecule is CCCNc1ncnc(NCC2CC2)c1CCC. The Hall–Kier alpha value is -1.32. The van der Waals surface area contributed by atoms with Gasteiger partial charge in [0.2, 0.25) is 0 Å². The Morgan fingerprint density at radius 3 is 2.44 bits per heavy atom. The molecular weight excluding hydrogens is 224 g/mol. The molecule has 1 aromatic rings. The Kier molecular flexibility index (Phi) is 4.79. The van der Waals surface area contributed by atoms with Crippen molar-refractivity contribution in [2.24, 2.45) is 5.92 Å². The van der Waals surface area contributed by atoms with E-state index >= 15 is 0 Å². The Balaban J connectivity index is 2.08. The van der Waals surface area contributed by atoms with Crippen molar-refractivity contribution in [3.05, 3.63) is 11.9 Å². The van der Waals surface area contributed by atoms with E-state index in [1.807, 2.05) is 0 Å². The van der Waals surface area contributed by atoms with Crippen LogP contribution in [0.5, 0.6) is 0 Å². The molecule has 0 bridgehead atoms. The Morgan fingerprint density at radius 2 is 1.83 bits per heavy atom. The number of hydrogen-bond donors (Lipinski definition) is 2. The molecule has 0 atom stereocenters. The van der Waals surface area contributed by atoms with Crippen LogP contribution in [0.1, 0.15) is 45.1 Å². The van der Waals surface area contributed by atoms with Crippen LogP contribution in [0.25, 0.3) is 0 Å². The van der Waals surface area contributed by atoms with Crippen molar-refractivity contribution in [1.82, 2.24) is 9.97 Å². The summed E-state index contributed by atoms with van der Waals surface area (Å²) in [5.74, 6) is 2.89. The number of nitrogens with zero attached hydrogens (tertiary/aromatic N) is 2. The molecule has 0 aliphatic heterocycles. The smallest absolute Gasteiger partial charge is 0.134 e. The fraction of sp³-hybridized carbons (Fsp3) is 0.714. The minimum absolute atomic E-state index is 0.862. The van der Waals surface area contributed by atoms with Crippen LogP contribution in [0.15, 0.2) is 6.33 Å². The molecule has 1 heterocycles. The second-order valence-electron chi connectivity index (χ2n) is 5.05. The van der Waals surface area contributed by atoms with E-state index in [0.29, 0.717) is 0 Å². The molecule has 0 unspecified atom stereocenters. The molecule has 0 aromatic carbocycles. The van der Waals surface area contributed by atoms with Crippen LogP contribution in [0.4, 0.5) is 11.6 Å². The van der Waals surface area contributed by atoms with E-state index in [9.17, 15) is 0 Å². The average molecular weight is 248 g/mol. The van der Waals surface area contributed by atoms with Gasteiger partial charge in [-0.25, -0.2) is 9.97 Å². The van der Waals surface area contributed by atoms with Crippen LogP contribution in [0, 0.1) is 5.92 Å². The minimum Gasteiger partial charge on any atom is -0.370 e. The van der Waals surface area contributed by atoms with E-state index in [1.165, 1.54) is 18.4 Å². The van der Waals surface area contributed by atoms with Gasteiger partial charge in [0.25, 0.3) is 0 Å². The summed E-state index contributed by atoms with van der Waals surface area (Å²) in [5.41, 5.74) is 1.24. The van der Waals surface area contributed by atoms with E-state index in [4.69, 9.17) is 0 Å². The average Bonchev–Trinajstić information content (AvgIpc) is 3.20. The first kappa shape index (κ1) is 13.1. The molecule has 4 heteroatoms. The van der Waals surface area contributed by atoms with Crippen molar-refractivity contribution >= 4 is 11.6 Å². The zero-order valence-electron chi connectivity index (χ0n) is 11.5. The normalized spacial score (nSPS) is 14.6. The third-order valence-electron chi connectivity index (χ3n) is 3.24. The van der Waals surface area contributed by atoms with E-state index in [0.717, 1.165) is 49.9 Å². The van der Waals surface area contributed by atoms with E-state index in [-0.39, 0.29) is 0 Å². The number of anilines is 2. The summed E-state index contributed by atoms with van der Waals surface area (Å²) in [6.07, 6.45) is 7.64. The molecule has 0 spiro atoms. The monoisotopic (exact) mass is 248 g/mol. The highest BCUT2D eigenvalue weighted by molar-refractivity contribution is 5.57. The van der Waals surface area contributed by atoms with Crippen molar-refractivity contribution in [3.63, 3.8) is 0 Å². The molecule has 0 radical (unpaired) electrons. The molecule has 4 nitrogen and oxygen atoms in total. The molecule has 2 N–H and O–H groups in total. The minimum atomic E-state index is 0.862. The molecule has 1 aliphatic carbocycles. The lowest BCUT2D eigenvalue weighted by molar-refractivity contribution is 0.856. The first-order valence-electron chi connectivity index (χ1n) is 7.16. The standard InChI is InChI=1S/C14H24N4/c1-3-5-12-13(15-8-4-2)17-10-18-14(12)16-9-11-6-7-11/h10-11H,3-9H2,1-2H3,(H2,15,16,17,18). The number of aromatic nitrogens is 2. The van der Waals surface area contributed by atoms with Gasteiger partial charge in [-0.15, -0.1) is 0 Å². The van der Waals surface area contributed by atoms with Gasteiger partial charge < -0.3 is 10.6 Å². The van der Waals surface area contributed by atoms with Gasteiger partial charge in [-0.05, 0) is 31.6 Å². The second kappa shape index (κ2) is 6.57. The van der Waals surface area contributed by atoms with Crippen molar-refractivity contribution < 1.29 is 0 Å². The fourth-order valence-corrected chi connectivity index (χ4v) is 2.01. The van der Waals surface area contributed by atoms with Crippen LogP contribution in [-0.2, 0) is 6.42 Å². The number of nitrogens with one attached hydrogen (secondary N) is 2. The van der Waals surface area contributed by atoms with Crippen molar-refractivity contribution in [2.45, 2.75) is 46.0 Å². The zero-order chi connectivity index (χ0) is 12.8. The molecule has 18 heavy (non-hydrogen) atoms. The van der Waals surface area contributed by atoms with Crippen LogP contribution in [0.2, 0.25) is 0 Å². The molecule has 1 saturated carbocycles. The maximum absolute atomic E-state index is 4.40. The number of hydrogen-bond acceptors (Lipinski definition) is 4. The van der Waals surface area contributed by atoms with Crippen molar-refractivity contribution in [2.75, 3.05) is 23.7 Å². The van der Waals surface area contributed by atoms with Gasteiger partial charge in [-0.3, -0.25) is 0 Å². The van der Waals surface area contributed by atoms with Crippen LogP contribution >= 0.6 is 0 Å². The molecule has 1 fully saturated rings. The summed E-state index contributed by atoms with van der Waals surface area (Å²) in [7, 11) is 0. The highest BCUT2D eigenvalue weighted by atomic mass is 15.1. The van der Waals surface area contributed by atoms with Crippen LogP contribution in [0.3, 0.4) is 0 Å². The highest BCUT2D eigenvalue weighted by Gasteiger charge is 2.21. The van der Waals surface area contributed by atoms with Crippen LogP contribution in [-0.4, -0.2) is 23.1 Å². The van der Waals surface area contributed by atoms with Crippen molar-refractivity contribution in [3.8, 4) is 0 Å². The summed E-state index contributed by atoms with van der Waals surface area (Å²) >= 11 is 0. The van der Waals surface area contributed by atoms with Gasteiger partial charge in [0, 0.05) is 18.7 Å². The summed E-state index contributed by atoms with van der Waals surface area (Å²) in [6, 6.07) is 0. The molecule has 100 valence electrons. The van der Waals surface area contributed by atoms with Gasteiger partial charge in [0.1, 0.15) is 18.0 Å². The third kappa shape index (κ3) is 3.59. The summed E-state index contributed by atoms with van der Waals surface area (Å²) < 4.78 is 0. The molecule has 1 aliphatic rings. The first-order chi connectivity index (χ1) is 8.85. The van der Waals surface area contributed by atoms with Gasteiger partial charge in [0.05, 0.1) is 0 Å². The Labute approximate surface area is 110 Å². The van der Waals surface area contributed by atoms with E-state index in [2.05, 4.69) is 34.4 Å². The van der Waals surface area contributed by atoms with Crippen LogP contribution < -0.4 is 10.6 Å². The lowest BCUT2D eigenvalue weighted by Crippen LogP contribution is -2.12. The quantitative estimate of drug-likeness (QED) is 0.742. The van der Waals surface area contributed by atoms with Gasteiger partial charge in [-0.1, -0.05) is 20.3 Å². The predicted octanol–water partition coefficient (Wildman–Crippen LogP) is 3.07. The van der Waals surface area contributed by atoms with E-state index < -0.39 is 0 Å². The molecule has 2 rings (SSSR count). The lowest BCUT2D eigenvalue weighted by atomic mass is 10.1. The molecule has 0 amide bonds. The van der Waals surface area contributed by atoms with E-state index in [1.54, 1.807) is 6.33 Å². The van der Waals surface area contributed by atoms with Gasteiger partial charge in [0.15, 0.2) is 0 Å². The maximum Gasteiger partial charge on any atom is 0.134 e. The maximum atomic E-state index is 4.40. The van der Waals surface area contributed by atoms with Gasteiger partial charge >= 0.3 is 0 Å². The number of rotatable bonds is 8. The molecule has 1 aromatic heterocycles. The lowest BCUT2D eigenvalue weighted by Gasteiger charge is -2.14. The van der Waals surface area contributed by atoms with Crippen molar-refractivity contribution in [1.29, 1.82) is 0 Å². The summed E-state index contributed by atoms with van der Waals surface area (Å²) in [6.45, 7) is 6.39. The summed E-state index contributed by atoms with van der Waals surface area (Å²) in [5, 5.41) is 6.89. The second-order valence-corrected chi connectivity index (χ2v) is 5.05. The first-order valence-corrected chi connectivity index (χ1v) is 7.16. The zero-order valence-corrected chi connectivity index (χ0v) is 11.5. The fourth-order valence-electron chi connectivity index (χ4n) is 2.01. The molecule has 0 saturated heterocycles. The largest absolute Gasteiger partial charge is 0.370 e. The Bertz CT molecular complexity index is 374. The van der Waals surface area contributed by atoms with Gasteiger partial charge in [-0.2, -0.15) is 0 Å². The third-order valence-corrected chi connectivity index (χ3v) is 3.24. The Morgan fingerprint density at radius 1 is 1.11 bits per heavy atom. The summed E-state index contributed by atoms with van der Waals surface area (Å²) in [4.78, 5) is 8.78. The molecular formula is C14H24N4. The predicted molar refractivity (Wildman–Crippen MR) is 76.0 cm³/mol. The highest BCUT2D eigenvalue weighted by Crippen LogP contribution is 2.30. The topological polar surface area (TPSA) is 49.8 Å².